The van der Waals surface area contributed by atoms with E-state index in [1.165, 1.54) is 31.4 Å². The molecule has 0 radical (unpaired) electrons. The minimum Gasteiger partial charge on any atom is -0.455 e. The standard InChI is InChI=1S/C21H32N2O5S/c1-2-3-4-16-5-9-18(10-6-16)21(25)28-15-20(24)23-14-13-17-7-11-19(12-8-17)29(22,26)27/h7-8,11-12,16,18H,2-6,9-10,13-15H2,1H3,(H,23,24)(H2,22,26,27). The van der Waals surface area contributed by atoms with Gasteiger partial charge in [-0.15, -0.1) is 0 Å². The molecule has 1 amide bonds. The van der Waals surface area contributed by atoms with Gasteiger partial charge in [0.1, 0.15) is 0 Å². The molecule has 0 saturated heterocycles. The Balaban J connectivity index is 1.63. The molecule has 1 aliphatic carbocycles. The number of unbranched alkanes of at least 4 members (excludes halogenated alkanes) is 1. The maximum atomic E-state index is 12.2. The summed E-state index contributed by atoms with van der Waals surface area (Å²) in [5.41, 5.74) is 0.870. The van der Waals surface area contributed by atoms with E-state index < -0.39 is 10.0 Å². The third kappa shape index (κ3) is 8.14. The number of ether oxygens (including phenoxy) is 1. The Hall–Kier alpha value is -1.93. The third-order valence-electron chi connectivity index (χ3n) is 5.48. The second-order valence-corrected chi connectivity index (χ2v) is 9.32. The molecule has 0 aromatic heterocycles. The van der Waals surface area contributed by atoms with Crippen molar-refractivity contribution in [3.05, 3.63) is 29.8 Å². The lowest BCUT2D eigenvalue weighted by Gasteiger charge is -2.27. The van der Waals surface area contributed by atoms with Crippen molar-refractivity contribution >= 4 is 21.9 Å². The van der Waals surface area contributed by atoms with E-state index in [4.69, 9.17) is 9.88 Å². The highest BCUT2D eigenvalue weighted by atomic mass is 32.2. The molecule has 7 nitrogen and oxygen atoms in total. The average molecular weight is 425 g/mol. The number of hydrogen-bond acceptors (Lipinski definition) is 5. The SMILES string of the molecule is CCCCC1CCC(C(=O)OCC(=O)NCCc2ccc(S(N)(=O)=O)cc2)CC1. The Morgan fingerprint density at radius 2 is 1.79 bits per heavy atom. The molecule has 0 heterocycles. The van der Waals surface area contributed by atoms with Gasteiger partial charge < -0.3 is 10.1 Å². The number of sulfonamides is 1. The Morgan fingerprint density at radius 3 is 2.38 bits per heavy atom. The monoisotopic (exact) mass is 424 g/mol. The molecule has 2 rings (SSSR count). The smallest absolute Gasteiger partial charge is 0.309 e. The van der Waals surface area contributed by atoms with Gasteiger partial charge in [-0.1, -0.05) is 38.3 Å². The first-order valence-corrected chi connectivity index (χ1v) is 11.9. The fourth-order valence-corrected chi connectivity index (χ4v) is 4.19. The van der Waals surface area contributed by atoms with Gasteiger partial charge in [-0.25, -0.2) is 13.6 Å². The van der Waals surface area contributed by atoms with E-state index in [1.807, 2.05) is 0 Å². The molecule has 162 valence electrons. The number of carbonyl (C=O) groups is 2. The molecule has 0 spiro atoms. The number of nitrogens with one attached hydrogen (secondary N) is 1. The zero-order chi connectivity index (χ0) is 21.3. The van der Waals surface area contributed by atoms with Crippen molar-refractivity contribution in [3.63, 3.8) is 0 Å². The van der Waals surface area contributed by atoms with Gasteiger partial charge in [-0.05, 0) is 55.7 Å². The number of carbonyl (C=O) groups excluding carboxylic acids is 2. The molecule has 1 aromatic rings. The van der Waals surface area contributed by atoms with E-state index >= 15 is 0 Å². The minimum absolute atomic E-state index is 0.0524. The second kappa shape index (κ2) is 11.3. The summed E-state index contributed by atoms with van der Waals surface area (Å²) in [5, 5.41) is 7.76. The van der Waals surface area contributed by atoms with Crippen molar-refractivity contribution < 1.29 is 22.7 Å². The van der Waals surface area contributed by atoms with Crippen LogP contribution in [0.4, 0.5) is 0 Å². The fraction of sp³-hybridized carbons (Fsp3) is 0.619. The average Bonchev–Trinajstić information content (AvgIpc) is 2.70. The summed E-state index contributed by atoms with van der Waals surface area (Å²) in [7, 11) is -3.70. The summed E-state index contributed by atoms with van der Waals surface area (Å²) in [6, 6.07) is 6.18. The largest absolute Gasteiger partial charge is 0.455 e. The predicted molar refractivity (Wildman–Crippen MR) is 110 cm³/mol. The van der Waals surface area contributed by atoms with Gasteiger partial charge in [0.25, 0.3) is 5.91 Å². The Labute approximate surface area is 173 Å². The van der Waals surface area contributed by atoms with Crippen LogP contribution in [0.2, 0.25) is 0 Å². The molecule has 1 aromatic carbocycles. The van der Waals surface area contributed by atoms with Gasteiger partial charge in [-0.2, -0.15) is 0 Å². The van der Waals surface area contributed by atoms with E-state index in [2.05, 4.69) is 12.2 Å². The van der Waals surface area contributed by atoms with E-state index in [0.29, 0.717) is 13.0 Å². The highest BCUT2D eigenvalue weighted by molar-refractivity contribution is 7.89. The number of benzene rings is 1. The van der Waals surface area contributed by atoms with Crippen LogP contribution in [-0.4, -0.2) is 33.4 Å². The molecule has 1 saturated carbocycles. The molecule has 0 atom stereocenters. The first kappa shape index (κ1) is 23.3. The highest BCUT2D eigenvalue weighted by Gasteiger charge is 2.27. The van der Waals surface area contributed by atoms with Gasteiger partial charge in [0.05, 0.1) is 10.8 Å². The predicted octanol–water partition coefficient (Wildman–Crippen LogP) is 2.53. The maximum Gasteiger partial charge on any atom is 0.309 e. The van der Waals surface area contributed by atoms with E-state index in [9.17, 15) is 18.0 Å². The van der Waals surface area contributed by atoms with Crippen LogP contribution in [0.1, 0.15) is 57.4 Å². The van der Waals surface area contributed by atoms with E-state index in [0.717, 1.165) is 37.2 Å². The van der Waals surface area contributed by atoms with Crippen molar-refractivity contribution in [2.75, 3.05) is 13.2 Å². The van der Waals surface area contributed by atoms with Gasteiger partial charge in [0, 0.05) is 6.54 Å². The first-order chi connectivity index (χ1) is 13.8. The molecule has 0 unspecified atom stereocenters. The van der Waals surface area contributed by atoms with Crippen LogP contribution >= 0.6 is 0 Å². The topological polar surface area (TPSA) is 116 Å². The van der Waals surface area contributed by atoms with Crippen LogP contribution in [0.15, 0.2) is 29.2 Å². The summed E-state index contributed by atoms with van der Waals surface area (Å²) < 4.78 is 27.6. The summed E-state index contributed by atoms with van der Waals surface area (Å²) in [5.74, 6) is 0.0307. The number of amides is 1. The van der Waals surface area contributed by atoms with E-state index in [-0.39, 0.29) is 29.3 Å². The molecule has 8 heteroatoms. The number of primary sulfonamides is 1. The lowest BCUT2D eigenvalue weighted by Crippen LogP contribution is -2.32. The summed E-state index contributed by atoms with van der Waals surface area (Å²) in [4.78, 5) is 24.1. The summed E-state index contributed by atoms with van der Waals surface area (Å²) in [6.07, 6.45) is 8.06. The van der Waals surface area contributed by atoms with Gasteiger partial charge in [0.2, 0.25) is 10.0 Å². The van der Waals surface area contributed by atoms with Crippen LogP contribution in [0.5, 0.6) is 0 Å². The van der Waals surface area contributed by atoms with Crippen LogP contribution in [0, 0.1) is 11.8 Å². The van der Waals surface area contributed by atoms with Crippen LogP contribution in [0.25, 0.3) is 0 Å². The highest BCUT2D eigenvalue weighted by Crippen LogP contribution is 2.32. The van der Waals surface area contributed by atoms with Gasteiger partial charge in [-0.3, -0.25) is 9.59 Å². The molecule has 0 bridgehead atoms. The van der Waals surface area contributed by atoms with Gasteiger partial charge in [0.15, 0.2) is 6.61 Å². The molecule has 1 fully saturated rings. The summed E-state index contributed by atoms with van der Waals surface area (Å²) >= 11 is 0. The van der Waals surface area contributed by atoms with Crippen LogP contribution in [0.3, 0.4) is 0 Å². The fourth-order valence-electron chi connectivity index (χ4n) is 3.68. The molecule has 3 N–H and O–H groups in total. The number of esters is 1. The van der Waals surface area contributed by atoms with Crippen LogP contribution < -0.4 is 10.5 Å². The van der Waals surface area contributed by atoms with Crippen molar-refractivity contribution in [1.29, 1.82) is 0 Å². The minimum atomic E-state index is -3.70. The molecular weight excluding hydrogens is 392 g/mol. The van der Waals surface area contributed by atoms with Crippen molar-refractivity contribution in [2.24, 2.45) is 17.0 Å². The molecule has 1 aliphatic rings. The Morgan fingerprint density at radius 1 is 1.14 bits per heavy atom. The molecule has 0 aliphatic heterocycles. The second-order valence-electron chi connectivity index (χ2n) is 7.76. The van der Waals surface area contributed by atoms with Gasteiger partial charge >= 0.3 is 5.97 Å². The number of rotatable bonds is 10. The zero-order valence-electron chi connectivity index (χ0n) is 17.1. The lowest BCUT2D eigenvalue weighted by molar-refractivity contribution is -0.153. The van der Waals surface area contributed by atoms with Crippen LogP contribution in [-0.2, 0) is 30.8 Å². The van der Waals surface area contributed by atoms with E-state index in [1.54, 1.807) is 12.1 Å². The normalized spacial score (nSPS) is 19.5. The third-order valence-corrected chi connectivity index (χ3v) is 6.41. The molecular formula is C21H32N2O5S. The maximum absolute atomic E-state index is 12.2. The quantitative estimate of drug-likeness (QED) is 0.560. The summed E-state index contributed by atoms with van der Waals surface area (Å²) in [6.45, 7) is 2.30. The van der Waals surface area contributed by atoms with Crippen molar-refractivity contribution in [3.8, 4) is 0 Å². The first-order valence-electron chi connectivity index (χ1n) is 10.3. The van der Waals surface area contributed by atoms with Crippen molar-refractivity contribution in [2.45, 2.75) is 63.2 Å². The number of nitrogens with two attached hydrogens (primary N) is 1. The van der Waals surface area contributed by atoms with Crippen molar-refractivity contribution in [1.82, 2.24) is 5.32 Å². The zero-order valence-corrected chi connectivity index (χ0v) is 17.9. The Kier molecular flexibility index (Phi) is 9.10. The lowest BCUT2D eigenvalue weighted by atomic mass is 9.80. The molecule has 29 heavy (non-hydrogen) atoms. The number of hydrogen-bond donors (Lipinski definition) is 2. The Bertz CT molecular complexity index is 769.